The van der Waals surface area contributed by atoms with Crippen LogP contribution in [0.25, 0.3) is 11.2 Å². The maximum absolute atomic E-state index is 13.2. The average molecular weight is 340 g/mol. The van der Waals surface area contributed by atoms with E-state index in [9.17, 15) is 9.18 Å². The fourth-order valence-corrected chi connectivity index (χ4v) is 3.16. The van der Waals surface area contributed by atoms with Crippen LogP contribution in [0, 0.1) is 11.7 Å². The summed E-state index contributed by atoms with van der Waals surface area (Å²) in [7, 11) is 0. The highest BCUT2D eigenvalue weighted by Crippen LogP contribution is 2.26. The first-order chi connectivity index (χ1) is 12.2. The molecule has 8 heteroatoms. The number of rotatable bonds is 3. The average Bonchev–Trinajstić information content (AvgIpc) is 3.10. The molecule has 1 aliphatic heterocycles. The molecule has 1 aliphatic rings. The Labute approximate surface area is 143 Å². The van der Waals surface area contributed by atoms with Gasteiger partial charge in [0.15, 0.2) is 11.5 Å². The largest absolute Gasteiger partial charge is 0.355 e. The number of hydrogen-bond acceptors (Lipinski definition) is 5. The van der Waals surface area contributed by atoms with Gasteiger partial charge in [0, 0.05) is 24.7 Å². The van der Waals surface area contributed by atoms with Gasteiger partial charge in [-0.1, -0.05) is 6.07 Å². The second kappa shape index (κ2) is 6.46. The quantitative estimate of drug-likeness (QED) is 0.764. The van der Waals surface area contributed by atoms with E-state index in [2.05, 4.69) is 30.2 Å². The van der Waals surface area contributed by atoms with Crippen LogP contribution in [0.5, 0.6) is 0 Å². The molecule has 0 bridgehead atoms. The highest BCUT2D eigenvalue weighted by Gasteiger charge is 2.27. The third kappa shape index (κ3) is 3.15. The summed E-state index contributed by atoms with van der Waals surface area (Å²) in [6.45, 7) is 1.43. The van der Waals surface area contributed by atoms with E-state index in [0.29, 0.717) is 37.3 Å². The monoisotopic (exact) mass is 340 g/mol. The van der Waals surface area contributed by atoms with Crippen molar-refractivity contribution in [2.24, 2.45) is 5.92 Å². The van der Waals surface area contributed by atoms with E-state index in [1.807, 2.05) is 0 Å². The van der Waals surface area contributed by atoms with Crippen LogP contribution in [0.3, 0.4) is 0 Å². The molecule has 7 nitrogen and oxygen atoms in total. The second-order valence-corrected chi connectivity index (χ2v) is 6.06. The second-order valence-electron chi connectivity index (χ2n) is 6.06. The molecule has 0 radical (unpaired) electrons. The molecule has 3 aromatic rings. The molecular weight excluding hydrogens is 323 g/mol. The van der Waals surface area contributed by atoms with Crippen molar-refractivity contribution in [1.29, 1.82) is 0 Å². The summed E-state index contributed by atoms with van der Waals surface area (Å²) in [5.74, 6) is 0.282. The molecule has 4 rings (SSSR count). The van der Waals surface area contributed by atoms with Crippen LogP contribution in [0.2, 0.25) is 0 Å². The lowest BCUT2D eigenvalue weighted by Crippen LogP contribution is -2.38. The Morgan fingerprint density at radius 2 is 2.08 bits per heavy atom. The van der Waals surface area contributed by atoms with Crippen LogP contribution in [-0.4, -0.2) is 38.9 Å². The summed E-state index contributed by atoms with van der Waals surface area (Å²) in [4.78, 5) is 30.2. The van der Waals surface area contributed by atoms with Gasteiger partial charge in [0.05, 0.1) is 6.33 Å². The number of carbonyl (C=O) groups excluding carboxylic acids is 1. The summed E-state index contributed by atoms with van der Waals surface area (Å²) in [6, 6.07) is 5.94. The number of carbonyl (C=O) groups is 1. The molecule has 1 aromatic carbocycles. The van der Waals surface area contributed by atoms with E-state index >= 15 is 0 Å². The summed E-state index contributed by atoms with van der Waals surface area (Å²) in [5.41, 5.74) is 1.93. The molecule has 3 heterocycles. The zero-order valence-electron chi connectivity index (χ0n) is 13.4. The Morgan fingerprint density at radius 1 is 1.24 bits per heavy atom. The first kappa shape index (κ1) is 15.5. The third-order valence-corrected chi connectivity index (χ3v) is 4.46. The molecule has 1 fully saturated rings. The normalized spacial score (nSPS) is 15.5. The molecule has 25 heavy (non-hydrogen) atoms. The van der Waals surface area contributed by atoms with Gasteiger partial charge in [-0.15, -0.1) is 0 Å². The minimum absolute atomic E-state index is 0.0698. The molecule has 0 saturated carbocycles. The lowest BCUT2D eigenvalue weighted by molar-refractivity contribution is -0.120. The molecule has 0 spiro atoms. The van der Waals surface area contributed by atoms with Crippen molar-refractivity contribution in [1.82, 2.24) is 19.9 Å². The first-order valence-corrected chi connectivity index (χ1v) is 8.16. The number of piperidine rings is 1. The minimum Gasteiger partial charge on any atom is -0.355 e. The molecule has 1 amide bonds. The Balaban J connectivity index is 1.41. The van der Waals surface area contributed by atoms with E-state index in [-0.39, 0.29) is 17.6 Å². The highest BCUT2D eigenvalue weighted by atomic mass is 19.1. The van der Waals surface area contributed by atoms with Crippen molar-refractivity contribution in [3.63, 3.8) is 0 Å². The highest BCUT2D eigenvalue weighted by molar-refractivity contribution is 5.92. The van der Waals surface area contributed by atoms with E-state index < -0.39 is 0 Å². The lowest BCUT2D eigenvalue weighted by atomic mass is 9.95. The molecule has 0 unspecified atom stereocenters. The number of halogens is 1. The molecule has 2 N–H and O–H groups in total. The van der Waals surface area contributed by atoms with Gasteiger partial charge >= 0.3 is 0 Å². The molecule has 128 valence electrons. The number of nitrogens with zero attached hydrogens (tertiary/aromatic N) is 4. The van der Waals surface area contributed by atoms with Gasteiger partial charge in [-0.05, 0) is 31.0 Å². The van der Waals surface area contributed by atoms with Gasteiger partial charge in [0.2, 0.25) is 5.91 Å². The van der Waals surface area contributed by atoms with Crippen molar-refractivity contribution in [3.8, 4) is 0 Å². The van der Waals surface area contributed by atoms with E-state index in [0.717, 1.165) is 11.3 Å². The van der Waals surface area contributed by atoms with Crippen LogP contribution in [0.15, 0.2) is 36.9 Å². The predicted molar refractivity (Wildman–Crippen MR) is 91.7 cm³/mol. The summed E-state index contributed by atoms with van der Waals surface area (Å²) >= 11 is 0. The third-order valence-electron chi connectivity index (χ3n) is 4.46. The van der Waals surface area contributed by atoms with Gasteiger partial charge in [-0.2, -0.15) is 0 Å². The van der Waals surface area contributed by atoms with Crippen molar-refractivity contribution < 1.29 is 9.18 Å². The fraction of sp³-hybridized carbons (Fsp3) is 0.294. The number of aromatic amines is 1. The number of nitrogens with one attached hydrogen (secondary N) is 2. The maximum atomic E-state index is 13.2. The van der Waals surface area contributed by atoms with E-state index in [4.69, 9.17) is 0 Å². The van der Waals surface area contributed by atoms with E-state index in [1.54, 1.807) is 18.5 Å². The zero-order chi connectivity index (χ0) is 17.2. The smallest absolute Gasteiger partial charge is 0.227 e. The fourth-order valence-electron chi connectivity index (χ4n) is 3.16. The summed E-state index contributed by atoms with van der Waals surface area (Å²) in [5, 5.41) is 2.79. The van der Waals surface area contributed by atoms with Crippen LogP contribution >= 0.6 is 0 Å². The van der Waals surface area contributed by atoms with Crippen LogP contribution in [-0.2, 0) is 4.79 Å². The van der Waals surface area contributed by atoms with Crippen molar-refractivity contribution in [3.05, 3.63) is 42.7 Å². The number of anilines is 2. The number of benzene rings is 1. The van der Waals surface area contributed by atoms with Crippen LogP contribution in [0.1, 0.15) is 12.8 Å². The molecule has 0 aliphatic carbocycles. The van der Waals surface area contributed by atoms with Crippen LogP contribution in [0.4, 0.5) is 15.9 Å². The molecule has 0 atom stereocenters. The minimum atomic E-state index is -0.361. The number of fused-ring (bicyclic) bond motifs is 1. The van der Waals surface area contributed by atoms with Crippen molar-refractivity contribution >= 4 is 28.6 Å². The Hall–Kier alpha value is -3.03. The number of H-pyrrole nitrogens is 1. The van der Waals surface area contributed by atoms with Gasteiger partial charge in [-0.25, -0.2) is 19.3 Å². The summed E-state index contributed by atoms with van der Waals surface area (Å²) < 4.78 is 13.2. The number of amides is 1. The molecule has 2 aromatic heterocycles. The van der Waals surface area contributed by atoms with Gasteiger partial charge in [-0.3, -0.25) is 4.79 Å². The number of hydrogen-bond donors (Lipinski definition) is 2. The Morgan fingerprint density at radius 3 is 2.88 bits per heavy atom. The van der Waals surface area contributed by atoms with Crippen molar-refractivity contribution in [2.75, 3.05) is 23.3 Å². The Kier molecular flexibility index (Phi) is 4.01. The van der Waals surface area contributed by atoms with Crippen LogP contribution < -0.4 is 10.2 Å². The SMILES string of the molecule is O=C(Nc1cccc(F)c1)C1CCN(c2ncnc3nc[nH]c23)CC1. The van der Waals surface area contributed by atoms with Gasteiger partial charge in [0.25, 0.3) is 0 Å². The van der Waals surface area contributed by atoms with Gasteiger partial charge in [0.1, 0.15) is 17.7 Å². The predicted octanol–water partition coefficient (Wildman–Crippen LogP) is 2.35. The molecular formula is C17H17FN6O. The zero-order valence-corrected chi connectivity index (χ0v) is 13.4. The summed E-state index contributed by atoms with van der Waals surface area (Å²) in [6.07, 6.45) is 4.52. The Bertz CT molecular complexity index is 903. The van der Waals surface area contributed by atoms with Gasteiger partial charge < -0.3 is 15.2 Å². The standard InChI is InChI=1S/C17H17FN6O/c18-12-2-1-3-13(8-12)23-17(25)11-4-6-24(7-5-11)16-14-15(20-9-19-14)21-10-22-16/h1-3,8-11H,4-7H2,(H,23,25)(H,19,20,21,22). The topological polar surface area (TPSA) is 86.8 Å². The molecule has 1 saturated heterocycles. The maximum Gasteiger partial charge on any atom is 0.227 e. The lowest BCUT2D eigenvalue weighted by Gasteiger charge is -2.32. The number of aromatic nitrogens is 4. The first-order valence-electron chi connectivity index (χ1n) is 8.16. The van der Waals surface area contributed by atoms with Crippen molar-refractivity contribution in [2.45, 2.75) is 12.8 Å². The number of imidazole rings is 1. The van der Waals surface area contributed by atoms with E-state index in [1.165, 1.54) is 18.5 Å².